The Hall–Kier alpha value is -2.12. The van der Waals surface area contributed by atoms with Crippen LogP contribution in [0.1, 0.15) is 6.92 Å². The highest BCUT2D eigenvalue weighted by molar-refractivity contribution is 5.61. The van der Waals surface area contributed by atoms with Gasteiger partial charge in [0.15, 0.2) is 11.5 Å². The van der Waals surface area contributed by atoms with Crippen LogP contribution in [0.2, 0.25) is 0 Å². The van der Waals surface area contributed by atoms with Crippen molar-refractivity contribution in [3.63, 3.8) is 0 Å². The molecule has 2 aromatic rings. The Morgan fingerprint density at radius 3 is 2.93 bits per heavy atom. The van der Waals surface area contributed by atoms with Gasteiger partial charge in [-0.25, -0.2) is 14.6 Å². The molecule has 8 heteroatoms. The van der Waals surface area contributed by atoms with E-state index in [0.717, 1.165) is 0 Å². The Kier molecular flexibility index (Phi) is 1.80. The molecule has 0 unspecified atom stereocenters. The van der Waals surface area contributed by atoms with Crippen molar-refractivity contribution in [3.8, 4) is 11.6 Å². The van der Waals surface area contributed by atoms with E-state index in [1.165, 1.54) is 4.68 Å². The van der Waals surface area contributed by atoms with E-state index in [-0.39, 0.29) is 11.6 Å². The molecular weight excluding hydrogens is 188 g/mol. The first-order valence-corrected chi connectivity index (χ1v) is 3.97. The van der Waals surface area contributed by atoms with E-state index in [4.69, 9.17) is 10.2 Å². The van der Waals surface area contributed by atoms with Crippen molar-refractivity contribution < 1.29 is 4.42 Å². The Balaban J connectivity index is 2.52. The van der Waals surface area contributed by atoms with Crippen molar-refractivity contribution in [1.29, 1.82) is 0 Å². The van der Waals surface area contributed by atoms with E-state index in [0.29, 0.717) is 12.4 Å². The molecule has 0 fully saturated rings. The molecule has 14 heavy (non-hydrogen) atoms. The second kappa shape index (κ2) is 2.98. The summed E-state index contributed by atoms with van der Waals surface area (Å²) in [5, 5.41) is 13.2. The number of aryl methyl sites for hydroxylation is 1. The lowest BCUT2D eigenvalue weighted by atomic mass is 10.4. The van der Waals surface area contributed by atoms with Gasteiger partial charge in [0.25, 0.3) is 5.89 Å². The standard InChI is InChI=1S/C6H8N6O2/c1-2-12-4(7)3(8-11-12)5-9-10-6(13)14-5/h2,7H2,1H3,(H,10,13). The van der Waals surface area contributed by atoms with Crippen LogP contribution in [0.15, 0.2) is 9.21 Å². The molecule has 0 atom stereocenters. The fourth-order valence-corrected chi connectivity index (χ4v) is 1.04. The van der Waals surface area contributed by atoms with Crippen LogP contribution in [0.25, 0.3) is 11.6 Å². The second-order valence-corrected chi connectivity index (χ2v) is 2.56. The molecule has 2 rings (SSSR count). The van der Waals surface area contributed by atoms with Crippen molar-refractivity contribution in [2.75, 3.05) is 5.73 Å². The molecule has 0 saturated carbocycles. The maximum absolute atomic E-state index is 10.7. The van der Waals surface area contributed by atoms with E-state index in [1.807, 2.05) is 6.92 Å². The van der Waals surface area contributed by atoms with Crippen LogP contribution in [-0.4, -0.2) is 25.2 Å². The summed E-state index contributed by atoms with van der Waals surface area (Å²) in [6, 6.07) is 0. The Morgan fingerprint density at radius 2 is 2.43 bits per heavy atom. The predicted molar refractivity (Wildman–Crippen MR) is 46.2 cm³/mol. The smallest absolute Gasteiger partial charge is 0.386 e. The fraction of sp³-hybridized carbons (Fsp3) is 0.333. The Morgan fingerprint density at radius 1 is 1.64 bits per heavy atom. The minimum Gasteiger partial charge on any atom is -0.386 e. The van der Waals surface area contributed by atoms with Crippen LogP contribution in [-0.2, 0) is 6.54 Å². The van der Waals surface area contributed by atoms with Gasteiger partial charge in [-0.3, -0.25) is 0 Å². The number of nitrogens with zero attached hydrogens (tertiary/aromatic N) is 4. The highest BCUT2D eigenvalue weighted by Crippen LogP contribution is 2.18. The third-order valence-corrected chi connectivity index (χ3v) is 1.71. The lowest BCUT2D eigenvalue weighted by molar-refractivity contribution is 0.525. The van der Waals surface area contributed by atoms with Crippen LogP contribution in [0.5, 0.6) is 0 Å². The molecule has 2 heterocycles. The highest BCUT2D eigenvalue weighted by Gasteiger charge is 2.15. The molecule has 0 saturated heterocycles. The van der Waals surface area contributed by atoms with Crippen LogP contribution < -0.4 is 11.5 Å². The van der Waals surface area contributed by atoms with Crippen LogP contribution in [0, 0.1) is 0 Å². The summed E-state index contributed by atoms with van der Waals surface area (Å²) in [6.45, 7) is 2.46. The first-order valence-electron chi connectivity index (χ1n) is 3.97. The molecule has 0 aliphatic carbocycles. The first-order chi connectivity index (χ1) is 6.72. The first kappa shape index (κ1) is 8.48. The van der Waals surface area contributed by atoms with Crippen molar-refractivity contribution in [2.24, 2.45) is 0 Å². The number of nitrogens with one attached hydrogen (secondary N) is 1. The van der Waals surface area contributed by atoms with Gasteiger partial charge in [0, 0.05) is 6.54 Å². The number of aromatic nitrogens is 5. The number of hydrogen-bond acceptors (Lipinski definition) is 6. The lowest BCUT2D eigenvalue weighted by Gasteiger charge is -1.95. The number of rotatable bonds is 2. The molecular formula is C6H8N6O2. The number of H-pyrrole nitrogens is 1. The summed E-state index contributed by atoms with van der Waals surface area (Å²) >= 11 is 0. The van der Waals surface area contributed by atoms with Gasteiger partial charge in [0.05, 0.1) is 0 Å². The summed E-state index contributed by atoms with van der Waals surface area (Å²) in [4.78, 5) is 10.7. The highest BCUT2D eigenvalue weighted by atomic mass is 16.4. The normalized spacial score (nSPS) is 10.6. The zero-order valence-corrected chi connectivity index (χ0v) is 7.39. The van der Waals surface area contributed by atoms with Gasteiger partial charge < -0.3 is 10.2 Å². The number of hydrogen-bond donors (Lipinski definition) is 2. The van der Waals surface area contributed by atoms with Crippen LogP contribution >= 0.6 is 0 Å². The zero-order chi connectivity index (χ0) is 10.1. The molecule has 0 aliphatic heterocycles. The topological polar surface area (TPSA) is 116 Å². The molecule has 0 bridgehead atoms. The molecule has 0 amide bonds. The van der Waals surface area contributed by atoms with E-state index in [2.05, 4.69) is 20.5 Å². The minimum atomic E-state index is -0.648. The second-order valence-electron chi connectivity index (χ2n) is 2.56. The minimum absolute atomic E-state index is 0.0483. The lowest BCUT2D eigenvalue weighted by Crippen LogP contribution is -2.02. The Bertz CT molecular complexity index is 494. The molecule has 0 spiro atoms. The largest absolute Gasteiger partial charge is 0.434 e. The molecule has 74 valence electrons. The van der Waals surface area contributed by atoms with Crippen molar-refractivity contribution in [1.82, 2.24) is 25.2 Å². The van der Waals surface area contributed by atoms with E-state index < -0.39 is 5.76 Å². The number of nitrogen functional groups attached to an aromatic ring is 1. The van der Waals surface area contributed by atoms with Crippen LogP contribution in [0.3, 0.4) is 0 Å². The summed E-state index contributed by atoms with van der Waals surface area (Å²) in [5.41, 5.74) is 5.95. The SMILES string of the molecule is CCn1nnc(-c2n[nH]c(=O)o2)c1N. The number of aromatic amines is 1. The maximum Gasteiger partial charge on any atom is 0.434 e. The molecule has 3 N–H and O–H groups in total. The van der Waals surface area contributed by atoms with Gasteiger partial charge in [-0.05, 0) is 6.92 Å². The maximum atomic E-state index is 10.7. The number of nitrogens with two attached hydrogens (primary N) is 1. The zero-order valence-electron chi connectivity index (χ0n) is 7.39. The van der Waals surface area contributed by atoms with E-state index in [9.17, 15) is 4.79 Å². The molecule has 0 aliphatic rings. The van der Waals surface area contributed by atoms with E-state index in [1.54, 1.807) is 0 Å². The van der Waals surface area contributed by atoms with Gasteiger partial charge in [0.2, 0.25) is 0 Å². The Labute approximate surface area is 77.7 Å². The summed E-state index contributed by atoms with van der Waals surface area (Å²) < 4.78 is 6.17. The third kappa shape index (κ3) is 1.16. The van der Waals surface area contributed by atoms with Gasteiger partial charge in [0.1, 0.15) is 0 Å². The van der Waals surface area contributed by atoms with Crippen molar-refractivity contribution in [3.05, 3.63) is 10.6 Å². The molecule has 0 radical (unpaired) electrons. The molecule has 0 aromatic carbocycles. The average Bonchev–Trinajstić information content (AvgIpc) is 2.72. The van der Waals surface area contributed by atoms with Gasteiger partial charge in [-0.15, -0.1) is 10.2 Å². The van der Waals surface area contributed by atoms with Gasteiger partial charge in [-0.2, -0.15) is 0 Å². The van der Waals surface area contributed by atoms with Crippen molar-refractivity contribution in [2.45, 2.75) is 13.5 Å². The summed E-state index contributed by atoms with van der Waals surface area (Å²) in [7, 11) is 0. The van der Waals surface area contributed by atoms with Gasteiger partial charge >= 0.3 is 5.76 Å². The van der Waals surface area contributed by atoms with Crippen LogP contribution in [0.4, 0.5) is 5.82 Å². The quantitative estimate of drug-likeness (QED) is 0.651. The predicted octanol–water partition coefficient (Wildman–Crippen LogP) is -0.777. The monoisotopic (exact) mass is 196 g/mol. The molecule has 2 aromatic heterocycles. The average molecular weight is 196 g/mol. The third-order valence-electron chi connectivity index (χ3n) is 1.71. The van der Waals surface area contributed by atoms with E-state index >= 15 is 0 Å². The number of anilines is 1. The summed E-state index contributed by atoms with van der Waals surface area (Å²) in [5.74, 6) is -0.277. The van der Waals surface area contributed by atoms with Crippen molar-refractivity contribution >= 4 is 5.82 Å². The fourth-order valence-electron chi connectivity index (χ4n) is 1.04. The molecule has 8 nitrogen and oxygen atoms in total. The summed E-state index contributed by atoms with van der Waals surface area (Å²) in [6.07, 6.45) is 0. The van der Waals surface area contributed by atoms with Gasteiger partial charge in [-0.1, -0.05) is 5.21 Å².